The monoisotopic (exact) mass is 431 g/mol. The first-order valence-corrected chi connectivity index (χ1v) is 11.7. The second-order valence-electron chi connectivity index (χ2n) is 8.77. The first-order chi connectivity index (χ1) is 15.8. The zero-order chi connectivity index (χ0) is 21.8. The van der Waals surface area contributed by atoms with E-state index in [4.69, 9.17) is 4.52 Å². The minimum absolute atomic E-state index is 0.0772. The molecule has 2 aromatic heterocycles. The van der Waals surface area contributed by atoms with Crippen LogP contribution in [0.4, 0.5) is 5.82 Å². The summed E-state index contributed by atoms with van der Waals surface area (Å²) >= 11 is 0. The van der Waals surface area contributed by atoms with E-state index in [2.05, 4.69) is 25.3 Å². The molecule has 1 aromatic carbocycles. The van der Waals surface area contributed by atoms with E-state index < -0.39 is 0 Å². The second kappa shape index (κ2) is 9.51. The average molecular weight is 432 g/mol. The van der Waals surface area contributed by atoms with Crippen LogP contribution >= 0.6 is 0 Å². The Kier molecular flexibility index (Phi) is 6.14. The molecular formula is C25H29N5O2. The van der Waals surface area contributed by atoms with Gasteiger partial charge in [0, 0.05) is 36.8 Å². The first kappa shape index (κ1) is 20.7. The van der Waals surface area contributed by atoms with Crippen LogP contribution in [0.3, 0.4) is 0 Å². The van der Waals surface area contributed by atoms with Crippen LogP contribution in [0.15, 0.2) is 53.2 Å². The molecule has 3 aromatic rings. The normalized spacial score (nSPS) is 17.9. The van der Waals surface area contributed by atoms with Crippen molar-refractivity contribution in [2.24, 2.45) is 5.92 Å². The summed E-state index contributed by atoms with van der Waals surface area (Å²) in [6, 6.07) is 14.0. The minimum Gasteiger partial charge on any atom is -0.356 e. The van der Waals surface area contributed by atoms with Gasteiger partial charge in [0.2, 0.25) is 11.7 Å². The summed E-state index contributed by atoms with van der Waals surface area (Å²) in [6.45, 7) is 1.57. The third-order valence-corrected chi connectivity index (χ3v) is 6.59. The second-order valence-corrected chi connectivity index (χ2v) is 8.77. The lowest BCUT2D eigenvalue weighted by atomic mass is 9.92. The molecule has 1 amide bonds. The maximum atomic E-state index is 12.8. The van der Waals surface area contributed by atoms with Crippen LogP contribution in [0.2, 0.25) is 0 Å². The van der Waals surface area contributed by atoms with Gasteiger partial charge in [-0.25, -0.2) is 4.98 Å². The minimum atomic E-state index is 0.0772. The third kappa shape index (κ3) is 4.52. The highest BCUT2D eigenvalue weighted by Crippen LogP contribution is 2.32. The van der Waals surface area contributed by atoms with E-state index in [9.17, 15) is 4.79 Å². The third-order valence-electron chi connectivity index (χ3n) is 6.59. The molecule has 7 heteroatoms. The molecule has 7 nitrogen and oxygen atoms in total. The molecule has 1 N–H and O–H groups in total. The number of carbonyl (C=O) groups is 1. The van der Waals surface area contributed by atoms with Crippen LogP contribution in [0, 0.1) is 5.92 Å². The summed E-state index contributed by atoms with van der Waals surface area (Å²) in [4.78, 5) is 24.2. The van der Waals surface area contributed by atoms with Crippen LogP contribution in [-0.2, 0) is 4.79 Å². The van der Waals surface area contributed by atoms with E-state index in [1.807, 2.05) is 42.5 Å². The van der Waals surface area contributed by atoms with Gasteiger partial charge in [-0.15, -0.1) is 0 Å². The molecule has 0 unspecified atom stereocenters. The Hall–Kier alpha value is -3.22. The van der Waals surface area contributed by atoms with Gasteiger partial charge < -0.3 is 14.7 Å². The lowest BCUT2D eigenvalue weighted by Crippen LogP contribution is -2.44. The number of benzene rings is 1. The van der Waals surface area contributed by atoms with Crippen LogP contribution in [0.5, 0.6) is 0 Å². The van der Waals surface area contributed by atoms with Gasteiger partial charge in [0.05, 0.1) is 5.56 Å². The van der Waals surface area contributed by atoms with E-state index in [-0.39, 0.29) is 11.8 Å². The predicted octanol–water partition coefficient (Wildman–Crippen LogP) is 4.46. The molecule has 3 heterocycles. The predicted molar refractivity (Wildman–Crippen MR) is 123 cm³/mol. The lowest BCUT2D eigenvalue weighted by Gasteiger charge is -2.34. The van der Waals surface area contributed by atoms with Gasteiger partial charge in [-0.1, -0.05) is 54.8 Å². The maximum absolute atomic E-state index is 12.8. The summed E-state index contributed by atoms with van der Waals surface area (Å²) in [6.07, 6.45) is 9.44. The van der Waals surface area contributed by atoms with Gasteiger partial charge in [0.1, 0.15) is 5.82 Å². The Labute approximate surface area is 188 Å². The molecule has 1 aliphatic heterocycles. The van der Waals surface area contributed by atoms with Crippen LogP contribution in [-0.4, -0.2) is 40.2 Å². The number of aromatic nitrogens is 3. The first-order valence-electron chi connectivity index (χ1n) is 11.7. The van der Waals surface area contributed by atoms with E-state index in [1.54, 1.807) is 6.20 Å². The molecule has 0 atom stereocenters. The van der Waals surface area contributed by atoms with Gasteiger partial charge in [-0.2, -0.15) is 4.98 Å². The van der Waals surface area contributed by atoms with Crippen molar-refractivity contribution in [3.8, 4) is 22.8 Å². The molecular weight excluding hydrogens is 402 g/mol. The van der Waals surface area contributed by atoms with E-state index in [0.717, 1.165) is 55.7 Å². The van der Waals surface area contributed by atoms with Gasteiger partial charge in [-0.3, -0.25) is 4.79 Å². The number of amides is 1. The van der Waals surface area contributed by atoms with Crippen molar-refractivity contribution in [1.29, 1.82) is 0 Å². The summed E-state index contributed by atoms with van der Waals surface area (Å²) in [5.74, 6) is 2.16. The average Bonchev–Trinajstić information content (AvgIpc) is 3.36. The number of hydrogen-bond donors (Lipinski definition) is 1. The highest BCUT2D eigenvalue weighted by molar-refractivity contribution is 5.79. The van der Waals surface area contributed by atoms with Crippen molar-refractivity contribution in [1.82, 2.24) is 20.4 Å². The largest absolute Gasteiger partial charge is 0.356 e. The lowest BCUT2D eigenvalue weighted by molar-refractivity contribution is -0.126. The topological polar surface area (TPSA) is 84.2 Å². The van der Waals surface area contributed by atoms with Crippen molar-refractivity contribution in [3.63, 3.8) is 0 Å². The standard InChI is InChI=1S/C25H29N5O2/c31-24(27-20-10-5-2-6-11-20)19-13-16-30(17-14-19)23-21(12-7-15-26-23)25-28-22(29-32-25)18-8-3-1-4-9-18/h1,3-4,7-9,12,15,19-20H,2,5-6,10-11,13-14,16-17H2,(H,27,31). The van der Waals surface area contributed by atoms with Gasteiger partial charge in [0.15, 0.2) is 0 Å². The Morgan fingerprint density at radius 2 is 1.75 bits per heavy atom. The van der Waals surface area contributed by atoms with Crippen molar-refractivity contribution >= 4 is 11.7 Å². The Morgan fingerprint density at radius 3 is 2.53 bits per heavy atom. The fourth-order valence-electron chi connectivity index (χ4n) is 4.77. The van der Waals surface area contributed by atoms with Crippen molar-refractivity contribution in [3.05, 3.63) is 48.7 Å². The number of rotatable bonds is 5. The Balaban J connectivity index is 1.26. The number of nitrogens with one attached hydrogen (secondary N) is 1. The number of pyridine rings is 1. The highest BCUT2D eigenvalue weighted by atomic mass is 16.5. The molecule has 2 aliphatic rings. The number of nitrogens with zero attached hydrogens (tertiary/aromatic N) is 4. The smallest absolute Gasteiger partial charge is 0.261 e. The zero-order valence-corrected chi connectivity index (χ0v) is 18.2. The number of piperidine rings is 1. The Bertz CT molecular complexity index is 1040. The van der Waals surface area contributed by atoms with Gasteiger partial charge >= 0.3 is 0 Å². The summed E-state index contributed by atoms with van der Waals surface area (Å²) in [5, 5.41) is 7.45. The summed E-state index contributed by atoms with van der Waals surface area (Å²) in [5.41, 5.74) is 1.74. The maximum Gasteiger partial charge on any atom is 0.261 e. The van der Waals surface area contributed by atoms with Crippen molar-refractivity contribution in [2.45, 2.75) is 51.0 Å². The zero-order valence-electron chi connectivity index (χ0n) is 18.2. The number of anilines is 1. The molecule has 0 spiro atoms. The molecule has 0 bridgehead atoms. The SMILES string of the molecule is O=C(NC1CCCCC1)C1CCN(c2ncccc2-c2nc(-c3ccccc3)no2)CC1. The van der Waals surface area contributed by atoms with Crippen molar-refractivity contribution < 1.29 is 9.32 Å². The molecule has 1 saturated heterocycles. The molecule has 1 aliphatic carbocycles. The van der Waals surface area contributed by atoms with E-state index in [1.165, 1.54) is 19.3 Å². The molecule has 2 fully saturated rings. The van der Waals surface area contributed by atoms with Gasteiger partial charge in [0.25, 0.3) is 5.89 Å². The van der Waals surface area contributed by atoms with E-state index >= 15 is 0 Å². The summed E-state index contributed by atoms with van der Waals surface area (Å²) < 4.78 is 5.59. The van der Waals surface area contributed by atoms with Crippen LogP contribution in [0.1, 0.15) is 44.9 Å². The number of carbonyl (C=O) groups excluding carboxylic acids is 1. The molecule has 0 radical (unpaired) electrons. The quantitative estimate of drug-likeness (QED) is 0.642. The highest BCUT2D eigenvalue weighted by Gasteiger charge is 2.29. The fraction of sp³-hybridized carbons (Fsp3) is 0.440. The molecule has 1 saturated carbocycles. The number of hydrogen-bond acceptors (Lipinski definition) is 6. The van der Waals surface area contributed by atoms with Crippen LogP contribution in [0.25, 0.3) is 22.8 Å². The molecule has 5 rings (SSSR count). The molecule has 166 valence electrons. The van der Waals surface area contributed by atoms with E-state index in [0.29, 0.717) is 17.8 Å². The van der Waals surface area contributed by atoms with Crippen molar-refractivity contribution in [2.75, 3.05) is 18.0 Å². The fourth-order valence-corrected chi connectivity index (χ4v) is 4.77. The molecule has 32 heavy (non-hydrogen) atoms. The van der Waals surface area contributed by atoms with Crippen LogP contribution < -0.4 is 10.2 Å². The van der Waals surface area contributed by atoms with Gasteiger partial charge in [-0.05, 0) is 37.8 Å². The summed E-state index contributed by atoms with van der Waals surface area (Å²) in [7, 11) is 0. The Morgan fingerprint density at radius 1 is 0.969 bits per heavy atom.